The normalized spacial score (nSPS) is 15.9. The van der Waals surface area contributed by atoms with Gasteiger partial charge in [-0.2, -0.15) is 0 Å². The third-order valence-electron chi connectivity index (χ3n) is 4.95. The Labute approximate surface area is 178 Å². The van der Waals surface area contributed by atoms with Gasteiger partial charge in [0.15, 0.2) is 0 Å². The van der Waals surface area contributed by atoms with Gasteiger partial charge in [-0.3, -0.25) is 4.79 Å². The smallest absolute Gasteiger partial charge is 0.254 e. The first-order valence-corrected chi connectivity index (χ1v) is 10.2. The zero-order valence-electron chi connectivity index (χ0n) is 15.3. The van der Waals surface area contributed by atoms with E-state index in [4.69, 9.17) is 34.8 Å². The Bertz CT molecular complexity index is 839. The van der Waals surface area contributed by atoms with Crippen molar-refractivity contribution in [2.45, 2.75) is 38.3 Å². The summed E-state index contributed by atoms with van der Waals surface area (Å²) in [7, 11) is 1.76. The molecule has 6 nitrogen and oxygen atoms in total. The fourth-order valence-corrected chi connectivity index (χ4v) is 3.96. The molecule has 1 fully saturated rings. The lowest BCUT2D eigenvalue weighted by atomic mass is 9.88. The lowest BCUT2D eigenvalue weighted by Crippen LogP contribution is -2.41. The van der Waals surface area contributed by atoms with Crippen LogP contribution in [0.4, 0.5) is 11.5 Å². The summed E-state index contributed by atoms with van der Waals surface area (Å²) in [6.07, 6.45) is 4.25. The molecule has 1 aliphatic rings. The van der Waals surface area contributed by atoms with Crippen molar-refractivity contribution < 1.29 is 9.90 Å². The molecule has 1 saturated carbocycles. The third-order valence-corrected chi connectivity index (χ3v) is 5.65. The molecule has 3 rings (SSSR count). The highest BCUT2D eigenvalue weighted by Crippen LogP contribution is 2.29. The first kappa shape index (κ1) is 21.1. The highest BCUT2D eigenvalue weighted by molar-refractivity contribution is 6.34. The summed E-state index contributed by atoms with van der Waals surface area (Å²) in [5, 5.41) is 13.6. The fourth-order valence-electron chi connectivity index (χ4n) is 3.36. The van der Waals surface area contributed by atoms with Gasteiger partial charge in [-0.05, 0) is 42.6 Å². The van der Waals surface area contributed by atoms with Crippen LogP contribution in [0, 0.1) is 5.92 Å². The number of anilines is 2. The van der Waals surface area contributed by atoms with Crippen molar-refractivity contribution in [1.29, 1.82) is 0 Å². The molecule has 1 atom stereocenters. The fraction of sp³-hybridized carbons (Fsp3) is 0.421. The molecule has 1 unspecified atom stereocenters. The molecule has 2 N–H and O–H groups in total. The molecule has 1 aromatic heterocycles. The third kappa shape index (κ3) is 5.06. The molecule has 1 amide bonds. The van der Waals surface area contributed by atoms with E-state index in [0.717, 1.165) is 25.7 Å². The lowest BCUT2D eigenvalue weighted by molar-refractivity contribution is 0.0463. The number of hydrogen-bond donors (Lipinski definition) is 2. The van der Waals surface area contributed by atoms with Gasteiger partial charge in [0.2, 0.25) is 5.28 Å². The molecule has 0 aliphatic heterocycles. The number of carbonyl (C=O) groups excluding carboxylic acids is 1. The maximum absolute atomic E-state index is 12.7. The summed E-state index contributed by atoms with van der Waals surface area (Å²) in [6.45, 7) is 0. The lowest BCUT2D eigenvalue weighted by Gasteiger charge is -2.27. The van der Waals surface area contributed by atoms with Gasteiger partial charge in [-0.1, -0.05) is 42.5 Å². The van der Waals surface area contributed by atoms with Crippen LogP contribution in [0.25, 0.3) is 0 Å². The predicted molar refractivity (Wildman–Crippen MR) is 112 cm³/mol. The maximum atomic E-state index is 12.7. The number of benzene rings is 1. The van der Waals surface area contributed by atoms with Crippen molar-refractivity contribution in [3.05, 3.63) is 45.3 Å². The molecule has 1 heterocycles. The topological polar surface area (TPSA) is 78.4 Å². The number of amides is 1. The number of aliphatic hydroxyl groups excluding tert-OH is 1. The molecule has 0 radical (unpaired) electrons. The summed E-state index contributed by atoms with van der Waals surface area (Å²) in [4.78, 5) is 22.4. The van der Waals surface area contributed by atoms with E-state index in [9.17, 15) is 9.90 Å². The van der Waals surface area contributed by atoms with Gasteiger partial charge < -0.3 is 15.3 Å². The quantitative estimate of drug-likeness (QED) is 0.393. The van der Waals surface area contributed by atoms with E-state index in [1.54, 1.807) is 36.2 Å². The van der Waals surface area contributed by atoms with Gasteiger partial charge >= 0.3 is 0 Å². The minimum absolute atomic E-state index is 0.0249. The van der Waals surface area contributed by atoms with Crippen molar-refractivity contribution >= 4 is 52.2 Å². The van der Waals surface area contributed by atoms with Crippen molar-refractivity contribution in [3.8, 4) is 0 Å². The number of carbonyl (C=O) groups is 1. The Kier molecular flexibility index (Phi) is 6.99. The molecule has 9 heteroatoms. The molecule has 0 saturated heterocycles. The molecule has 1 aliphatic carbocycles. The van der Waals surface area contributed by atoms with Crippen LogP contribution in [0.5, 0.6) is 0 Å². The summed E-state index contributed by atoms with van der Waals surface area (Å²) < 4.78 is 0. The predicted octanol–water partition coefficient (Wildman–Crippen LogP) is 4.83. The van der Waals surface area contributed by atoms with Crippen LogP contribution in [-0.4, -0.2) is 34.3 Å². The average Bonchev–Trinajstić information content (AvgIpc) is 2.67. The standard InChI is InChI=1S/C19H21Cl3N4O2/c1-26(16-10-15(21)23-19(22)24-16)12-7-8-14(20)13(9-12)18(28)25-17(27)11-5-3-2-4-6-11/h7-11,17,27H,2-6H2,1H3,(H,25,28). The Morgan fingerprint density at radius 3 is 2.57 bits per heavy atom. The second-order valence-electron chi connectivity index (χ2n) is 6.86. The van der Waals surface area contributed by atoms with Gasteiger partial charge in [0.1, 0.15) is 17.2 Å². The highest BCUT2D eigenvalue weighted by atomic mass is 35.5. The van der Waals surface area contributed by atoms with E-state index in [1.165, 1.54) is 6.42 Å². The number of hydrogen-bond acceptors (Lipinski definition) is 5. The molecule has 150 valence electrons. The van der Waals surface area contributed by atoms with Crippen LogP contribution in [0.1, 0.15) is 42.5 Å². The minimum atomic E-state index is -0.885. The number of aromatic nitrogens is 2. The molecular formula is C19H21Cl3N4O2. The Morgan fingerprint density at radius 2 is 1.89 bits per heavy atom. The van der Waals surface area contributed by atoms with Crippen LogP contribution in [0.3, 0.4) is 0 Å². The van der Waals surface area contributed by atoms with Gasteiger partial charge in [0.25, 0.3) is 5.91 Å². The van der Waals surface area contributed by atoms with Gasteiger partial charge in [-0.25, -0.2) is 9.97 Å². The highest BCUT2D eigenvalue weighted by Gasteiger charge is 2.24. The Balaban J connectivity index is 1.79. The SMILES string of the molecule is CN(c1ccc(Cl)c(C(=O)NC(O)C2CCCCC2)c1)c1cc(Cl)nc(Cl)n1. The van der Waals surface area contributed by atoms with Gasteiger partial charge in [0, 0.05) is 24.7 Å². The van der Waals surface area contributed by atoms with E-state index in [-0.39, 0.29) is 21.9 Å². The van der Waals surface area contributed by atoms with Crippen LogP contribution in [0.2, 0.25) is 15.5 Å². The average molecular weight is 444 g/mol. The van der Waals surface area contributed by atoms with Gasteiger partial charge in [0.05, 0.1) is 10.6 Å². The van der Waals surface area contributed by atoms with E-state index in [0.29, 0.717) is 16.5 Å². The first-order valence-electron chi connectivity index (χ1n) is 9.07. The Morgan fingerprint density at radius 1 is 1.18 bits per heavy atom. The van der Waals surface area contributed by atoms with Crippen molar-refractivity contribution in [2.75, 3.05) is 11.9 Å². The zero-order chi connectivity index (χ0) is 20.3. The second kappa shape index (κ2) is 9.27. The van der Waals surface area contributed by atoms with Crippen LogP contribution < -0.4 is 10.2 Å². The van der Waals surface area contributed by atoms with Gasteiger partial charge in [-0.15, -0.1) is 0 Å². The van der Waals surface area contributed by atoms with Crippen LogP contribution in [-0.2, 0) is 0 Å². The number of halogens is 3. The minimum Gasteiger partial charge on any atom is -0.373 e. The zero-order valence-corrected chi connectivity index (χ0v) is 17.6. The number of rotatable bonds is 5. The van der Waals surface area contributed by atoms with Crippen molar-refractivity contribution in [1.82, 2.24) is 15.3 Å². The van der Waals surface area contributed by atoms with Crippen LogP contribution >= 0.6 is 34.8 Å². The largest absolute Gasteiger partial charge is 0.373 e. The number of nitrogens with one attached hydrogen (secondary N) is 1. The maximum Gasteiger partial charge on any atom is 0.254 e. The Hall–Kier alpha value is -1.60. The number of aliphatic hydroxyl groups is 1. The molecule has 0 spiro atoms. The molecule has 1 aromatic carbocycles. The monoisotopic (exact) mass is 442 g/mol. The van der Waals surface area contributed by atoms with E-state index in [1.807, 2.05) is 0 Å². The first-order chi connectivity index (χ1) is 13.3. The number of nitrogens with zero attached hydrogens (tertiary/aromatic N) is 3. The van der Waals surface area contributed by atoms with E-state index >= 15 is 0 Å². The molecule has 0 bridgehead atoms. The molecule has 28 heavy (non-hydrogen) atoms. The summed E-state index contributed by atoms with van der Waals surface area (Å²) in [5.41, 5.74) is 0.930. The van der Waals surface area contributed by atoms with Crippen molar-refractivity contribution in [3.63, 3.8) is 0 Å². The summed E-state index contributed by atoms with van der Waals surface area (Å²) in [6, 6.07) is 6.57. The van der Waals surface area contributed by atoms with E-state index in [2.05, 4.69) is 15.3 Å². The van der Waals surface area contributed by atoms with E-state index < -0.39 is 12.1 Å². The van der Waals surface area contributed by atoms with Crippen molar-refractivity contribution in [2.24, 2.45) is 5.92 Å². The van der Waals surface area contributed by atoms with Crippen LogP contribution in [0.15, 0.2) is 24.3 Å². The molecule has 2 aromatic rings. The summed E-state index contributed by atoms with van der Waals surface area (Å²) >= 11 is 18.1. The summed E-state index contributed by atoms with van der Waals surface area (Å²) in [5.74, 6) is 0.130. The second-order valence-corrected chi connectivity index (χ2v) is 7.99. The molecular weight excluding hydrogens is 423 g/mol.